The Bertz CT molecular complexity index is 2080. The smallest absolute Gasteiger partial charge is 0.421 e. The number of hydrogen-bond acceptors (Lipinski definition) is 10. The third-order valence-electron chi connectivity index (χ3n) is 10.1. The van der Waals surface area contributed by atoms with E-state index in [2.05, 4.69) is 31.2 Å². The lowest BCUT2D eigenvalue weighted by Gasteiger charge is -2.21. The third-order valence-corrected chi connectivity index (χ3v) is 10.5. The lowest BCUT2D eigenvalue weighted by molar-refractivity contribution is -0.139. The van der Waals surface area contributed by atoms with Crippen molar-refractivity contribution in [3.8, 4) is 40.2 Å². The van der Waals surface area contributed by atoms with Crippen molar-refractivity contribution in [1.29, 1.82) is 0 Å². The summed E-state index contributed by atoms with van der Waals surface area (Å²) in [6, 6.07) is 12.1. The number of methoxy groups -OCH3 is 2. The number of nitrogens with one attached hydrogen (secondary N) is 4. The molecule has 4 aromatic rings. The van der Waals surface area contributed by atoms with E-state index < -0.39 is 23.7 Å². The lowest BCUT2D eigenvalue weighted by atomic mass is 9.98. The highest BCUT2D eigenvalue weighted by atomic mass is 35.5. The number of ether oxygens (including phenoxy) is 3. The minimum atomic E-state index is -4.75. The molecule has 3 atom stereocenters. The maximum Gasteiger partial charge on any atom is 0.421 e. The maximum atomic E-state index is 14.5. The first-order valence-corrected chi connectivity index (χ1v) is 18.5. The van der Waals surface area contributed by atoms with E-state index in [0.717, 1.165) is 29.2 Å². The number of amides is 2. The fraction of sp³-hybridized carbons (Fsp3) is 0.410. The summed E-state index contributed by atoms with van der Waals surface area (Å²) >= 11 is 7.05. The molecule has 2 aliphatic heterocycles. The van der Waals surface area contributed by atoms with Crippen LogP contribution in [0.2, 0.25) is 5.02 Å². The van der Waals surface area contributed by atoms with E-state index >= 15 is 0 Å². The van der Waals surface area contributed by atoms with Gasteiger partial charge in [0, 0.05) is 79.6 Å². The number of hydrogen-bond donors (Lipinski definition) is 4. The average molecular weight is 780 g/mol. The average Bonchev–Trinajstić information content (AvgIpc) is 3.91. The molecule has 12 nitrogen and oxygen atoms in total. The minimum Gasteiger partial charge on any atom is -0.481 e. The SMILES string of the molecule is COc1nc(-c2ccnc(-c3cccc4c3CC[C@H]4Oc3nc(OC)c(CNC[C@@H]4CCC(=O)N4)cc3C(F)(F)F)c2Cl)ccc1CNC[C@H]1CCC(=O)N1. The van der Waals surface area contributed by atoms with Gasteiger partial charge in [0.05, 0.1) is 30.6 Å². The van der Waals surface area contributed by atoms with Gasteiger partial charge in [-0.1, -0.05) is 35.9 Å². The van der Waals surface area contributed by atoms with Crippen LogP contribution in [0.25, 0.3) is 22.5 Å². The fourth-order valence-electron chi connectivity index (χ4n) is 7.40. The van der Waals surface area contributed by atoms with Crippen LogP contribution in [0, 0.1) is 0 Å². The third kappa shape index (κ3) is 8.48. The first-order valence-electron chi connectivity index (χ1n) is 18.1. The van der Waals surface area contributed by atoms with Crippen LogP contribution in [-0.4, -0.2) is 66.2 Å². The Morgan fingerprint density at radius 3 is 2.13 bits per heavy atom. The van der Waals surface area contributed by atoms with Gasteiger partial charge in [0.2, 0.25) is 29.5 Å². The highest BCUT2D eigenvalue weighted by Crippen LogP contribution is 2.45. The zero-order chi connectivity index (χ0) is 38.7. The molecule has 16 heteroatoms. The summed E-state index contributed by atoms with van der Waals surface area (Å²) in [4.78, 5) is 36.6. The summed E-state index contributed by atoms with van der Waals surface area (Å²) in [6.07, 6.45) is -0.494. The predicted molar refractivity (Wildman–Crippen MR) is 198 cm³/mol. The topological polar surface area (TPSA) is 149 Å². The highest BCUT2D eigenvalue weighted by molar-refractivity contribution is 6.35. The number of carbonyl (C=O) groups is 2. The van der Waals surface area contributed by atoms with Crippen LogP contribution in [0.5, 0.6) is 17.6 Å². The molecule has 2 saturated heterocycles. The van der Waals surface area contributed by atoms with E-state index in [-0.39, 0.29) is 41.9 Å². The minimum absolute atomic E-state index is 0.0133. The van der Waals surface area contributed by atoms with Crippen molar-refractivity contribution in [2.45, 2.75) is 76.0 Å². The zero-order valence-corrected chi connectivity index (χ0v) is 31.1. The van der Waals surface area contributed by atoms with Gasteiger partial charge in [0.25, 0.3) is 0 Å². The van der Waals surface area contributed by atoms with Gasteiger partial charge in [-0.05, 0) is 55.0 Å². The molecule has 0 saturated carbocycles. The van der Waals surface area contributed by atoms with Crippen LogP contribution >= 0.6 is 11.6 Å². The van der Waals surface area contributed by atoms with E-state index in [1.54, 1.807) is 25.4 Å². The van der Waals surface area contributed by atoms with Crippen LogP contribution in [0.3, 0.4) is 0 Å². The van der Waals surface area contributed by atoms with E-state index in [4.69, 9.17) is 30.8 Å². The van der Waals surface area contributed by atoms with Crippen molar-refractivity contribution < 1.29 is 37.0 Å². The molecule has 0 spiro atoms. The molecular formula is C39H41ClF3N7O5. The monoisotopic (exact) mass is 779 g/mol. The number of pyridine rings is 3. The van der Waals surface area contributed by atoms with E-state index in [1.807, 2.05) is 24.3 Å². The molecule has 7 rings (SSSR count). The molecule has 0 radical (unpaired) electrons. The lowest BCUT2D eigenvalue weighted by Crippen LogP contribution is -2.35. The Morgan fingerprint density at radius 1 is 0.818 bits per heavy atom. The molecule has 0 bridgehead atoms. The number of benzene rings is 1. The molecule has 1 aliphatic carbocycles. The second-order valence-corrected chi connectivity index (χ2v) is 14.2. The standard InChI is InChI=1S/C39H41ClF3N7O5/c1-53-36-21(17-44-19-23-7-12-32(51)47-23)6-10-30(49-36)28-14-15-46-35(34(28)40)27-5-3-4-26-25(27)9-11-31(26)55-38-29(39(41,42)43)16-22(37(50-38)54-2)18-45-20-24-8-13-33(52)48-24/h3-6,10,14-16,23-24,31,44-45H,7-9,11-13,17-20H2,1-2H3,(H,47,51)(H,48,52)/t23-,24+,31-/m1/s1. The zero-order valence-electron chi connectivity index (χ0n) is 30.3. The summed E-state index contributed by atoms with van der Waals surface area (Å²) in [5.74, 6) is -0.0998. The number of fused-ring (bicyclic) bond motifs is 1. The largest absolute Gasteiger partial charge is 0.481 e. The van der Waals surface area contributed by atoms with Crippen molar-refractivity contribution in [3.63, 3.8) is 0 Å². The van der Waals surface area contributed by atoms with Crippen LogP contribution in [0.1, 0.15) is 66.0 Å². The predicted octanol–water partition coefficient (Wildman–Crippen LogP) is 5.70. The maximum absolute atomic E-state index is 14.5. The van der Waals surface area contributed by atoms with Gasteiger partial charge in [-0.2, -0.15) is 18.2 Å². The second kappa shape index (κ2) is 16.4. The summed E-state index contributed by atoms with van der Waals surface area (Å²) in [5, 5.41) is 12.6. The molecule has 1 aromatic carbocycles. The Balaban J connectivity index is 1.10. The Labute approximate surface area is 320 Å². The summed E-state index contributed by atoms with van der Waals surface area (Å²) in [7, 11) is 2.90. The Kier molecular flexibility index (Phi) is 11.4. The summed E-state index contributed by atoms with van der Waals surface area (Å²) < 4.78 is 60.5. The van der Waals surface area contributed by atoms with Crippen molar-refractivity contribution in [2.24, 2.45) is 0 Å². The Hall–Kier alpha value is -4.99. The van der Waals surface area contributed by atoms with Crippen molar-refractivity contribution in [2.75, 3.05) is 27.3 Å². The molecule has 3 aliphatic rings. The van der Waals surface area contributed by atoms with Crippen LogP contribution in [0.4, 0.5) is 13.2 Å². The summed E-state index contributed by atoms with van der Waals surface area (Å²) in [5.41, 5.74) is 4.09. The molecular weight excluding hydrogens is 739 g/mol. The van der Waals surface area contributed by atoms with Crippen molar-refractivity contribution in [3.05, 3.63) is 81.5 Å². The quantitative estimate of drug-likeness (QED) is 0.126. The number of carbonyl (C=O) groups excluding carboxylic acids is 2. The van der Waals surface area contributed by atoms with Crippen LogP contribution < -0.4 is 35.5 Å². The summed E-state index contributed by atoms with van der Waals surface area (Å²) in [6.45, 7) is 1.58. The number of nitrogens with zero attached hydrogens (tertiary/aromatic N) is 3. The molecule has 2 fully saturated rings. The van der Waals surface area contributed by atoms with Crippen LogP contribution in [-0.2, 0) is 35.3 Å². The first-order chi connectivity index (χ1) is 26.5. The van der Waals surface area contributed by atoms with Gasteiger partial charge in [0.15, 0.2) is 0 Å². The van der Waals surface area contributed by atoms with Gasteiger partial charge < -0.3 is 35.5 Å². The number of rotatable bonds is 14. The van der Waals surface area contributed by atoms with Gasteiger partial charge in [-0.3, -0.25) is 14.6 Å². The molecule has 3 aromatic heterocycles. The number of aromatic nitrogens is 3. The van der Waals surface area contributed by atoms with Crippen molar-refractivity contribution in [1.82, 2.24) is 36.2 Å². The molecule has 55 heavy (non-hydrogen) atoms. The number of halogens is 4. The van der Waals surface area contributed by atoms with E-state index in [1.165, 1.54) is 7.11 Å². The van der Waals surface area contributed by atoms with Crippen LogP contribution in [0.15, 0.2) is 48.7 Å². The molecule has 290 valence electrons. The second-order valence-electron chi connectivity index (χ2n) is 13.8. The van der Waals surface area contributed by atoms with Gasteiger partial charge in [0.1, 0.15) is 11.7 Å². The molecule has 4 N–H and O–H groups in total. The fourth-order valence-corrected chi connectivity index (χ4v) is 7.71. The van der Waals surface area contributed by atoms with E-state index in [9.17, 15) is 22.8 Å². The number of alkyl halides is 3. The molecule has 2 amide bonds. The normalized spacial score (nSPS) is 19.3. The molecule has 0 unspecified atom stereocenters. The van der Waals surface area contributed by atoms with Gasteiger partial charge in [-0.25, -0.2) is 4.98 Å². The van der Waals surface area contributed by atoms with Crippen molar-refractivity contribution >= 4 is 23.4 Å². The van der Waals surface area contributed by atoms with Gasteiger partial charge in [-0.15, -0.1) is 0 Å². The first kappa shape index (κ1) is 38.3. The Morgan fingerprint density at radius 2 is 1.49 bits per heavy atom. The van der Waals surface area contributed by atoms with Gasteiger partial charge >= 0.3 is 6.18 Å². The molecule has 5 heterocycles. The van der Waals surface area contributed by atoms with E-state index in [0.29, 0.717) is 85.2 Å². The highest BCUT2D eigenvalue weighted by Gasteiger charge is 2.39.